The van der Waals surface area contributed by atoms with Gasteiger partial charge in [-0.1, -0.05) is 20.8 Å². The number of benzene rings is 1. The van der Waals surface area contributed by atoms with Crippen LogP contribution in [-0.2, 0) is 14.0 Å². The summed E-state index contributed by atoms with van der Waals surface area (Å²) in [6.45, 7) is 17.8. The molecule has 40 heavy (non-hydrogen) atoms. The molecular weight excluding hydrogens is 575 g/mol. The predicted molar refractivity (Wildman–Crippen MR) is 167 cm³/mol. The van der Waals surface area contributed by atoms with Crippen molar-refractivity contribution in [3.8, 4) is 0 Å². The van der Waals surface area contributed by atoms with Gasteiger partial charge >= 0.3 is 204 Å². The number of esters is 1. The molecule has 1 heterocycles. The standard InChI is InChI=1S/C35H52O3SeSi/c1-33(2,3)40(6,7)38-24-17-19-34(4)23(21-24)13-14-26-28-15-16-29(35(28,5)20-18-30(26)34)27-22-37-32(36)31(27)39-25-11-9-8-10-12-25/h8-13,24,26-31H,14-22H2,1-7H3/t24-,26-,27?,28?,29+,30-,31?,34-,35-/m0/s1. The summed E-state index contributed by atoms with van der Waals surface area (Å²) in [4.78, 5) is 13.1. The third kappa shape index (κ3) is 4.83. The first-order valence-electron chi connectivity index (χ1n) is 16.1. The summed E-state index contributed by atoms with van der Waals surface area (Å²) >= 11 is 0.145. The molecule has 4 aliphatic carbocycles. The number of ether oxygens (including phenoxy) is 1. The molecule has 5 heteroatoms. The van der Waals surface area contributed by atoms with Crippen LogP contribution in [0.2, 0.25) is 22.9 Å². The van der Waals surface area contributed by atoms with Gasteiger partial charge in [-0.25, -0.2) is 0 Å². The van der Waals surface area contributed by atoms with Crippen molar-refractivity contribution < 1.29 is 14.0 Å². The zero-order valence-electron chi connectivity index (χ0n) is 26.0. The second-order valence-corrected chi connectivity index (χ2v) is 23.2. The molecule has 1 saturated heterocycles. The number of fused-ring (bicyclic) bond motifs is 5. The van der Waals surface area contributed by atoms with Crippen LogP contribution < -0.4 is 4.46 Å². The Labute approximate surface area is 250 Å². The Morgan fingerprint density at radius 1 is 0.950 bits per heavy atom. The van der Waals surface area contributed by atoms with Gasteiger partial charge < -0.3 is 0 Å². The monoisotopic (exact) mass is 628 g/mol. The van der Waals surface area contributed by atoms with Gasteiger partial charge in [0.2, 0.25) is 0 Å². The normalized spacial score (nSPS) is 41.5. The summed E-state index contributed by atoms with van der Waals surface area (Å²) in [7, 11) is -1.75. The van der Waals surface area contributed by atoms with Crippen LogP contribution in [0.5, 0.6) is 0 Å². The molecule has 1 aromatic carbocycles. The molecular formula is C35H52O3SeSi. The van der Waals surface area contributed by atoms with Crippen LogP contribution in [-0.4, -0.2) is 42.0 Å². The number of carbonyl (C=O) groups is 1. The van der Waals surface area contributed by atoms with E-state index in [0.717, 1.165) is 24.2 Å². The maximum atomic E-state index is 13.0. The van der Waals surface area contributed by atoms with Gasteiger partial charge in [-0.2, -0.15) is 0 Å². The number of allylic oxidation sites excluding steroid dienone is 1. The van der Waals surface area contributed by atoms with E-state index in [1.165, 1.54) is 49.4 Å². The molecule has 0 radical (unpaired) electrons. The molecule has 0 aromatic heterocycles. The fraction of sp³-hybridized carbons (Fsp3) is 0.743. The van der Waals surface area contributed by atoms with E-state index in [2.05, 4.69) is 84.1 Å². The summed E-state index contributed by atoms with van der Waals surface area (Å²) in [5.41, 5.74) is 2.41. The molecule has 0 bridgehead atoms. The van der Waals surface area contributed by atoms with E-state index in [1.54, 1.807) is 5.57 Å². The van der Waals surface area contributed by atoms with Gasteiger partial charge in [-0.05, 0) is 18.1 Å². The molecule has 0 N–H and O–H groups in total. The molecule has 3 unspecified atom stereocenters. The van der Waals surface area contributed by atoms with Crippen LogP contribution in [0, 0.1) is 40.4 Å². The van der Waals surface area contributed by atoms with E-state index in [1.807, 2.05) is 0 Å². The number of carbonyl (C=O) groups excluding carboxylic acids is 1. The Balaban J connectivity index is 1.19. The topological polar surface area (TPSA) is 35.5 Å². The number of hydrogen-bond donors (Lipinski definition) is 0. The molecule has 5 aliphatic rings. The van der Waals surface area contributed by atoms with Gasteiger partial charge in [0.15, 0.2) is 8.32 Å². The zero-order chi connectivity index (χ0) is 28.5. The van der Waals surface area contributed by atoms with E-state index >= 15 is 0 Å². The minimum atomic E-state index is -1.75. The predicted octanol–water partition coefficient (Wildman–Crippen LogP) is 7.95. The van der Waals surface area contributed by atoms with Gasteiger partial charge in [0, 0.05) is 0 Å². The molecule has 3 saturated carbocycles. The van der Waals surface area contributed by atoms with Crippen molar-refractivity contribution >= 4 is 33.7 Å². The summed E-state index contributed by atoms with van der Waals surface area (Å²) in [6, 6.07) is 10.7. The van der Waals surface area contributed by atoms with E-state index in [0.29, 0.717) is 35.4 Å². The first kappa shape index (κ1) is 29.2. The van der Waals surface area contributed by atoms with Gasteiger partial charge in [0.1, 0.15) is 0 Å². The SMILES string of the molecule is CC(C)(C)[Si](C)(C)O[C@H]1CC[C@@]2(C)C(=CC[C@H]3C4CC[C@H](C5COC(=O)C5[Se]c5ccccc5)[C@@]4(C)CC[C@@H]32)C1. The van der Waals surface area contributed by atoms with E-state index in [4.69, 9.17) is 9.16 Å². The summed E-state index contributed by atoms with van der Waals surface area (Å²) in [5, 5.41) is 0.267. The molecule has 1 aromatic rings. The molecule has 220 valence electrons. The average molecular weight is 628 g/mol. The third-order valence-corrected chi connectivity index (χ3v) is 20.3. The van der Waals surface area contributed by atoms with Gasteiger partial charge in [-0.15, -0.1) is 0 Å². The summed E-state index contributed by atoms with van der Waals surface area (Å²) < 4.78 is 14.1. The molecule has 3 nitrogen and oxygen atoms in total. The molecule has 9 atom stereocenters. The second-order valence-electron chi connectivity index (χ2n) is 15.9. The number of rotatable bonds is 5. The average Bonchev–Trinajstić information content (AvgIpc) is 3.43. The van der Waals surface area contributed by atoms with Crippen molar-refractivity contribution in [2.75, 3.05) is 6.61 Å². The Kier molecular flexibility index (Phi) is 7.59. The number of hydrogen-bond acceptors (Lipinski definition) is 3. The molecule has 1 aliphatic heterocycles. The Morgan fingerprint density at radius 2 is 1.65 bits per heavy atom. The van der Waals surface area contributed by atoms with Crippen LogP contribution in [0.1, 0.15) is 86.0 Å². The zero-order valence-corrected chi connectivity index (χ0v) is 28.7. The van der Waals surface area contributed by atoms with Crippen molar-refractivity contribution in [2.24, 2.45) is 40.4 Å². The first-order valence-corrected chi connectivity index (χ1v) is 20.8. The van der Waals surface area contributed by atoms with E-state index < -0.39 is 8.32 Å². The van der Waals surface area contributed by atoms with Gasteiger partial charge in [-0.3, -0.25) is 0 Å². The van der Waals surface area contributed by atoms with Crippen LogP contribution in [0.25, 0.3) is 0 Å². The van der Waals surface area contributed by atoms with E-state index in [9.17, 15) is 4.79 Å². The maximum absolute atomic E-state index is 13.0. The van der Waals surface area contributed by atoms with Crippen molar-refractivity contribution in [2.45, 2.75) is 115 Å². The van der Waals surface area contributed by atoms with E-state index in [-0.39, 0.29) is 30.8 Å². The van der Waals surface area contributed by atoms with Crippen LogP contribution in [0.3, 0.4) is 0 Å². The molecule has 0 amide bonds. The Morgan fingerprint density at radius 3 is 2.35 bits per heavy atom. The summed E-state index contributed by atoms with van der Waals surface area (Å²) in [5.74, 6) is 3.48. The van der Waals surface area contributed by atoms with Crippen LogP contribution >= 0.6 is 0 Å². The minimum absolute atomic E-state index is 0.0732. The van der Waals surface area contributed by atoms with Crippen LogP contribution in [0.4, 0.5) is 0 Å². The van der Waals surface area contributed by atoms with Gasteiger partial charge in [0.05, 0.1) is 0 Å². The third-order valence-electron chi connectivity index (χ3n) is 13.0. The summed E-state index contributed by atoms with van der Waals surface area (Å²) in [6.07, 6.45) is 13.3. The molecule has 0 spiro atoms. The number of cyclic esters (lactones) is 1. The van der Waals surface area contributed by atoms with Crippen LogP contribution in [0.15, 0.2) is 42.0 Å². The fourth-order valence-corrected chi connectivity index (χ4v) is 13.6. The molecule has 4 fully saturated rings. The fourth-order valence-electron chi connectivity index (χ4n) is 9.70. The van der Waals surface area contributed by atoms with Crippen molar-refractivity contribution in [3.05, 3.63) is 42.0 Å². The Bertz CT molecular complexity index is 1140. The molecule has 6 rings (SSSR count). The van der Waals surface area contributed by atoms with Crippen molar-refractivity contribution in [3.63, 3.8) is 0 Å². The van der Waals surface area contributed by atoms with Crippen molar-refractivity contribution in [1.29, 1.82) is 0 Å². The van der Waals surface area contributed by atoms with Crippen molar-refractivity contribution in [1.82, 2.24) is 0 Å². The first-order chi connectivity index (χ1) is 18.8. The van der Waals surface area contributed by atoms with Gasteiger partial charge in [0.25, 0.3) is 0 Å². The Hall–Kier alpha value is -0.874. The quantitative estimate of drug-likeness (QED) is 0.189. The second kappa shape index (κ2) is 10.4.